The molecule has 0 aliphatic carbocycles. The van der Waals surface area contributed by atoms with Gasteiger partial charge in [-0.05, 0) is 31.2 Å². The molecule has 0 bridgehead atoms. The summed E-state index contributed by atoms with van der Waals surface area (Å²) in [6.07, 6.45) is 0. The molecule has 0 saturated heterocycles. The van der Waals surface area contributed by atoms with Crippen molar-refractivity contribution in [1.29, 1.82) is 0 Å². The van der Waals surface area contributed by atoms with Crippen LogP contribution in [0.15, 0.2) is 41.3 Å². The van der Waals surface area contributed by atoms with Crippen LogP contribution in [-0.4, -0.2) is 10.2 Å². The normalized spacial score (nSPS) is 10.1. The van der Waals surface area contributed by atoms with E-state index in [1.165, 1.54) is 0 Å². The highest BCUT2D eigenvalue weighted by Crippen LogP contribution is 2.17. The Bertz CT molecular complexity index is 377. The summed E-state index contributed by atoms with van der Waals surface area (Å²) in [5.41, 5.74) is 2.89. The Kier molecular flexibility index (Phi) is 2.50. The zero-order valence-electron chi connectivity index (χ0n) is 7.81. The molecule has 0 spiro atoms. The molecule has 14 heavy (non-hydrogen) atoms. The van der Waals surface area contributed by atoms with E-state index >= 15 is 0 Å². The summed E-state index contributed by atoms with van der Waals surface area (Å²) in [7, 11) is 0. The third-order valence-corrected chi connectivity index (χ3v) is 2.26. The second-order valence-electron chi connectivity index (χ2n) is 3.11. The number of benzene rings is 1. The topological polar surface area (TPSA) is 25.8 Å². The molecular formula is C11H10N2S. The monoisotopic (exact) mass is 202 g/mol. The fourth-order valence-electron chi connectivity index (χ4n) is 1.19. The maximum atomic E-state index is 4.22. The number of rotatable bonds is 1. The van der Waals surface area contributed by atoms with Gasteiger partial charge in [-0.15, -0.1) is 12.6 Å². The Morgan fingerprint density at radius 1 is 0.929 bits per heavy atom. The highest BCUT2D eigenvalue weighted by molar-refractivity contribution is 7.80. The standard InChI is InChI=1S/C11H10N2S/c1-8-2-7-11(13-12-8)9-3-5-10(14)6-4-9/h2-7,14H,1H3. The number of hydrogen-bond donors (Lipinski definition) is 1. The number of thiol groups is 1. The van der Waals surface area contributed by atoms with Gasteiger partial charge in [-0.2, -0.15) is 10.2 Å². The molecule has 0 radical (unpaired) electrons. The first-order chi connectivity index (χ1) is 6.75. The molecule has 0 aliphatic heterocycles. The van der Waals surface area contributed by atoms with E-state index in [2.05, 4.69) is 22.8 Å². The van der Waals surface area contributed by atoms with E-state index in [0.717, 1.165) is 21.8 Å². The first kappa shape index (κ1) is 9.21. The molecule has 3 heteroatoms. The molecule has 1 heterocycles. The van der Waals surface area contributed by atoms with Gasteiger partial charge in [-0.1, -0.05) is 12.1 Å². The Balaban J connectivity index is 2.40. The Morgan fingerprint density at radius 2 is 1.64 bits per heavy atom. The van der Waals surface area contributed by atoms with Crippen molar-refractivity contribution in [1.82, 2.24) is 10.2 Å². The van der Waals surface area contributed by atoms with Crippen LogP contribution in [0.5, 0.6) is 0 Å². The molecule has 0 saturated carbocycles. The fourth-order valence-corrected chi connectivity index (χ4v) is 1.33. The summed E-state index contributed by atoms with van der Waals surface area (Å²) in [6.45, 7) is 1.92. The van der Waals surface area contributed by atoms with Crippen molar-refractivity contribution in [3.05, 3.63) is 42.1 Å². The van der Waals surface area contributed by atoms with Crippen LogP contribution in [0.3, 0.4) is 0 Å². The van der Waals surface area contributed by atoms with Crippen molar-refractivity contribution in [3.63, 3.8) is 0 Å². The van der Waals surface area contributed by atoms with E-state index in [4.69, 9.17) is 0 Å². The maximum absolute atomic E-state index is 4.22. The minimum absolute atomic E-state index is 0.893. The highest BCUT2D eigenvalue weighted by Gasteiger charge is 1.98. The van der Waals surface area contributed by atoms with E-state index in [1.54, 1.807) is 0 Å². The summed E-state index contributed by atoms with van der Waals surface area (Å²) in [5, 5.41) is 8.11. The molecule has 70 valence electrons. The molecule has 1 aromatic heterocycles. The average molecular weight is 202 g/mol. The first-order valence-corrected chi connectivity index (χ1v) is 4.80. The molecule has 1 aromatic carbocycles. The van der Waals surface area contributed by atoms with Crippen molar-refractivity contribution < 1.29 is 0 Å². The quantitative estimate of drug-likeness (QED) is 0.719. The summed E-state index contributed by atoms with van der Waals surface area (Å²) in [6, 6.07) is 11.8. The summed E-state index contributed by atoms with van der Waals surface area (Å²) in [4.78, 5) is 0.953. The highest BCUT2D eigenvalue weighted by atomic mass is 32.1. The van der Waals surface area contributed by atoms with Crippen LogP contribution >= 0.6 is 12.6 Å². The van der Waals surface area contributed by atoms with Crippen molar-refractivity contribution in [2.45, 2.75) is 11.8 Å². The summed E-state index contributed by atoms with van der Waals surface area (Å²) < 4.78 is 0. The Hall–Kier alpha value is -1.35. The first-order valence-electron chi connectivity index (χ1n) is 4.35. The lowest BCUT2D eigenvalue weighted by Gasteiger charge is -1.99. The van der Waals surface area contributed by atoms with Gasteiger partial charge < -0.3 is 0 Å². The number of hydrogen-bond acceptors (Lipinski definition) is 3. The van der Waals surface area contributed by atoms with Gasteiger partial charge in [0.1, 0.15) is 0 Å². The van der Waals surface area contributed by atoms with Crippen LogP contribution in [0.1, 0.15) is 5.69 Å². The molecule has 0 amide bonds. The van der Waals surface area contributed by atoms with Crippen LogP contribution in [0, 0.1) is 6.92 Å². The van der Waals surface area contributed by atoms with E-state index in [0.29, 0.717) is 0 Å². The van der Waals surface area contributed by atoms with Crippen molar-refractivity contribution >= 4 is 12.6 Å². The van der Waals surface area contributed by atoms with Gasteiger partial charge >= 0.3 is 0 Å². The maximum Gasteiger partial charge on any atom is 0.0929 e. The van der Waals surface area contributed by atoms with Gasteiger partial charge in [0.15, 0.2) is 0 Å². The zero-order chi connectivity index (χ0) is 9.97. The fraction of sp³-hybridized carbons (Fsp3) is 0.0909. The molecule has 2 nitrogen and oxygen atoms in total. The minimum atomic E-state index is 0.893. The second kappa shape index (κ2) is 3.80. The van der Waals surface area contributed by atoms with Crippen LogP contribution in [0.2, 0.25) is 0 Å². The van der Waals surface area contributed by atoms with Crippen LogP contribution < -0.4 is 0 Å². The predicted octanol–water partition coefficient (Wildman–Crippen LogP) is 2.74. The van der Waals surface area contributed by atoms with Crippen molar-refractivity contribution in [2.75, 3.05) is 0 Å². The van der Waals surface area contributed by atoms with Gasteiger partial charge in [-0.25, -0.2) is 0 Å². The molecule has 0 unspecified atom stereocenters. The predicted molar refractivity (Wildman–Crippen MR) is 59.5 cm³/mol. The lowest BCUT2D eigenvalue weighted by molar-refractivity contribution is 0.987. The lowest BCUT2D eigenvalue weighted by Crippen LogP contribution is -1.88. The van der Waals surface area contributed by atoms with Crippen LogP contribution in [-0.2, 0) is 0 Å². The van der Waals surface area contributed by atoms with E-state index < -0.39 is 0 Å². The number of nitrogens with zero attached hydrogens (tertiary/aromatic N) is 2. The van der Waals surface area contributed by atoms with Crippen LogP contribution in [0.25, 0.3) is 11.3 Å². The van der Waals surface area contributed by atoms with E-state index in [9.17, 15) is 0 Å². The van der Waals surface area contributed by atoms with Gasteiger partial charge in [0, 0.05) is 10.5 Å². The largest absolute Gasteiger partial charge is 0.155 e. The Morgan fingerprint density at radius 3 is 2.21 bits per heavy atom. The average Bonchev–Trinajstić information content (AvgIpc) is 2.21. The molecule has 2 aromatic rings. The smallest absolute Gasteiger partial charge is 0.0929 e. The minimum Gasteiger partial charge on any atom is -0.155 e. The van der Waals surface area contributed by atoms with Gasteiger partial charge in [0.05, 0.1) is 11.4 Å². The molecule has 0 fully saturated rings. The molecular weight excluding hydrogens is 192 g/mol. The lowest BCUT2D eigenvalue weighted by atomic mass is 10.1. The van der Waals surface area contributed by atoms with Gasteiger partial charge in [0.2, 0.25) is 0 Å². The van der Waals surface area contributed by atoms with Crippen molar-refractivity contribution in [3.8, 4) is 11.3 Å². The third kappa shape index (κ3) is 1.93. The molecule has 0 atom stereocenters. The molecule has 2 rings (SSSR count). The number of aryl methyl sites for hydroxylation is 1. The zero-order valence-corrected chi connectivity index (χ0v) is 8.70. The SMILES string of the molecule is Cc1ccc(-c2ccc(S)cc2)nn1. The molecule has 0 N–H and O–H groups in total. The van der Waals surface area contributed by atoms with Crippen LogP contribution in [0.4, 0.5) is 0 Å². The van der Waals surface area contributed by atoms with E-state index in [-0.39, 0.29) is 0 Å². The summed E-state index contributed by atoms with van der Waals surface area (Å²) in [5.74, 6) is 0. The van der Waals surface area contributed by atoms with Crippen molar-refractivity contribution in [2.24, 2.45) is 0 Å². The Labute approximate surface area is 88.4 Å². The van der Waals surface area contributed by atoms with Gasteiger partial charge in [-0.3, -0.25) is 0 Å². The summed E-state index contributed by atoms with van der Waals surface area (Å²) >= 11 is 4.22. The van der Waals surface area contributed by atoms with Gasteiger partial charge in [0.25, 0.3) is 0 Å². The number of aromatic nitrogens is 2. The van der Waals surface area contributed by atoms with E-state index in [1.807, 2.05) is 43.3 Å². The second-order valence-corrected chi connectivity index (χ2v) is 3.62. The third-order valence-electron chi connectivity index (χ3n) is 1.96. The molecule has 0 aliphatic rings.